The number of amides is 2. The molecule has 2 saturated heterocycles. The Bertz CT molecular complexity index is 1710. The van der Waals surface area contributed by atoms with E-state index in [2.05, 4.69) is 86.5 Å². The van der Waals surface area contributed by atoms with Crippen LogP contribution in [0.5, 0.6) is 0 Å². The van der Waals surface area contributed by atoms with Gasteiger partial charge >= 0.3 is 13.2 Å². The van der Waals surface area contributed by atoms with E-state index in [1.165, 1.54) is 29.4 Å². The molecule has 0 spiro atoms. The Labute approximate surface area is 277 Å². The minimum atomic E-state index is -0.664. The highest BCUT2D eigenvalue weighted by Crippen LogP contribution is 2.52. The van der Waals surface area contributed by atoms with E-state index in [0.29, 0.717) is 18.4 Å². The molecule has 2 amide bonds. The Balaban J connectivity index is 1.12. The van der Waals surface area contributed by atoms with Crippen molar-refractivity contribution in [3.8, 4) is 22.4 Å². The van der Waals surface area contributed by atoms with E-state index in [9.17, 15) is 9.59 Å². The number of hydrogen-bond donors (Lipinski definition) is 2. The van der Waals surface area contributed by atoms with Gasteiger partial charge in [-0.15, -0.1) is 0 Å². The summed E-state index contributed by atoms with van der Waals surface area (Å²) in [5.74, 6) is 1.35. The average Bonchev–Trinajstić information content (AvgIpc) is 3.88. The number of ether oxygens (including phenoxy) is 1. The van der Waals surface area contributed by atoms with Gasteiger partial charge in [-0.05, 0) is 86.2 Å². The van der Waals surface area contributed by atoms with Gasteiger partial charge in [-0.3, -0.25) is 4.79 Å². The van der Waals surface area contributed by atoms with E-state index in [4.69, 9.17) is 19.0 Å². The predicted octanol–water partition coefficient (Wildman–Crippen LogP) is 6.23. The van der Waals surface area contributed by atoms with Gasteiger partial charge in [-0.25, -0.2) is 9.78 Å². The molecular formula is C37H45BN4O5. The number of likely N-dealkylation sites (tertiary alicyclic amines) is 1. The minimum Gasteiger partial charge on any atom is -0.453 e. The van der Waals surface area contributed by atoms with Crippen molar-refractivity contribution in [3.63, 3.8) is 0 Å². The van der Waals surface area contributed by atoms with Crippen molar-refractivity contribution in [1.82, 2.24) is 20.2 Å². The summed E-state index contributed by atoms with van der Waals surface area (Å²) in [6.45, 7) is 12.9. The van der Waals surface area contributed by atoms with Gasteiger partial charge in [0.15, 0.2) is 0 Å². The number of hydrogen-bond acceptors (Lipinski definition) is 6. The molecule has 2 bridgehead atoms. The second kappa shape index (κ2) is 11.7. The lowest BCUT2D eigenvalue weighted by atomic mass is 9.71. The third-order valence-electron chi connectivity index (χ3n) is 11.0. The highest BCUT2D eigenvalue weighted by atomic mass is 16.7. The number of carbonyl (C=O) groups is 2. The van der Waals surface area contributed by atoms with E-state index in [1.807, 2.05) is 24.9 Å². The first-order chi connectivity index (χ1) is 22.4. The highest BCUT2D eigenvalue weighted by molar-refractivity contribution is 6.62. The van der Waals surface area contributed by atoms with Crippen LogP contribution >= 0.6 is 0 Å². The van der Waals surface area contributed by atoms with Crippen molar-refractivity contribution in [2.45, 2.75) is 95.9 Å². The van der Waals surface area contributed by atoms with Gasteiger partial charge in [-0.2, -0.15) is 0 Å². The Morgan fingerprint density at radius 3 is 2.32 bits per heavy atom. The molecule has 2 fully saturated rings. The van der Waals surface area contributed by atoms with Crippen LogP contribution < -0.4 is 10.8 Å². The second-order valence-corrected chi connectivity index (χ2v) is 14.8. The number of rotatable bonds is 7. The monoisotopic (exact) mass is 636 g/mol. The standard InChI is InChI=1S/C37H45BN4O5/c1-21(2)32(41-35(44)45-7)34(43)42-18-8-9-29(42)33-39-20-28(40-33)23-12-10-22(11-13-23)26-16-17-27(31-25-15-14-24(19-25)30(26)31)38-46-36(3,4)37(5,6)47-38/h10-17,20-21,24-25,29,32H,8-9,18-19H2,1-7H3,(H,39,40)(H,41,44)/t24?,25?,29-,32+/m0/s1. The lowest BCUT2D eigenvalue weighted by Crippen LogP contribution is -2.51. The largest absolute Gasteiger partial charge is 0.495 e. The molecule has 3 heterocycles. The molecule has 3 aromatic rings. The molecule has 4 aliphatic rings. The fourth-order valence-corrected chi connectivity index (χ4v) is 7.70. The molecule has 2 aliphatic carbocycles. The molecule has 2 unspecified atom stereocenters. The molecule has 2 aromatic carbocycles. The van der Waals surface area contributed by atoms with Crippen molar-refractivity contribution in [2.75, 3.05) is 13.7 Å². The van der Waals surface area contributed by atoms with Crippen LogP contribution in [0, 0.1) is 5.92 Å². The van der Waals surface area contributed by atoms with Crippen LogP contribution in [-0.2, 0) is 18.8 Å². The van der Waals surface area contributed by atoms with Gasteiger partial charge in [0.2, 0.25) is 5.91 Å². The fourth-order valence-electron chi connectivity index (χ4n) is 7.70. The maximum atomic E-state index is 13.5. The molecule has 47 heavy (non-hydrogen) atoms. The summed E-state index contributed by atoms with van der Waals surface area (Å²) >= 11 is 0. The molecule has 4 atom stereocenters. The first kappa shape index (κ1) is 31.7. The van der Waals surface area contributed by atoms with Gasteiger partial charge in [-0.1, -0.05) is 62.4 Å². The molecule has 0 radical (unpaired) electrons. The van der Waals surface area contributed by atoms with Gasteiger partial charge in [0.25, 0.3) is 0 Å². The number of carbonyl (C=O) groups excluding carboxylic acids is 2. The van der Waals surface area contributed by atoms with Crippen LogP contribution in [-0.4, -0.2) is 64.9 Å². The van der Waals surface area contributed by atoms with E-state index in [-0.39, 0.29) is 36.2 Å². The fraction of sp³-hybridized carbons (Fsp3) is 0.486. The minimum absolute atomic E-state index is 0.0826. The number of benzene rings is 2. The molecule has 1 aromatic heterocycles. The van der Waals surface area contributed by atoms with Gasteiger partial charge < -0.3 is 29.2 Å². The zero-order valence-electron chi connectivity index (χ0n) is 28.4. The lowest BCUT2D eigenvalue weighted by molar-refractivity contribution is -0.135. The summed E-state index contributed by atoms with van der Waals surface area (Å²) < 4.78 is 17.8. The van der Waals surface area contributed by atoms with Crippen molar-refractivity contribution in [2.24, 2.45) is 5.92 Å². The molecule has 2 aliphatic heterocycles. The van der Waals surface area contributed by atoms with E-state index in [1.54, 1.807) is 0 Å². The SMILES string of the molecule is COC(=O)N[C@@H](C(=O)N1CCC[C@H]1c1ncc(-c2ccc(-c3ccc(B4OC(C)(C)C(C)(C)O4)c4c3C3C=CC4C3)cc2)[nH]1)C(C)C. The number of nitrogens with zero attached hydrogens (tertiary/aromatic N) is 2. The van der Waals surface area contributed by atoms with Crippen LogP contribution in [0.1, 0.15) is 95.6 Å². The van der Waals surface area contributed by atoms with Crippen molar-refractivity contribution in [1.29, 1.82) is 0 Å². The van der Waals surface area contributed by atoms with Crippen LogP contribution in [0.25, 0.3) is 22.4 Å². The van der Waals surface area contributed by atoms with E-state index in [0.717, 1.165) is 41.8 Å². The second-order valence-electron chi connectivity index (χ2n) is 14.8. The molecule has 7 rings (SSSR count). The summed E-state index contributed by atoms with van der Waals surface area (Å²) in [5, 5.41) is 2.71. The van der Waals surface area contributed by atoms with E-state index < -0.39 is 12.1 Å². The maximum Gasteiger partial charge on any atom is 0.495 e. The molecule has 9 nitrogen and oxygen atoms in total. The number of aromatic nitrogens is 2. The quantitative estimate of drug-likeness (QED) is 0.236. The normalized spacial score (nSPS) is 24.2. The van der Waals surface area contributed by atoms with Crippen LogP contribution in [0.2, 0.25) is 0 Å². The first-order valence-corrected chi connectivity index (χ1v) is 16.9. The molecule has 10 heteroatoms. The van der Waals surface area contributed by atoms with Crippen molar-refractivity contribution >= 4 is 24.6 Å². The summed E-state index contributed by atoms with van der Waals surface area (Å²) in [6, 6.07) is 12.3. The van der Waals surface area contributed by atoms with Crippen LogP contribution in [0.4, 0.5) is 4.79 Å². The Kier molecular flexibility index (Phi) is 7.87. The number of allylic oxidation sites excluding steroid dienone is 2. The van der Waals surface area contributed by atoms with Crippen LogP contribution in [0.3, 0.4) is 0 Å². The zero-order valence-corrected chi connectivity index (χ0v) is 28.4. The topological polar surface area (TPSA) is 106 Å². The predicted molar refractivity (Wildman–Crippen MR) is 182 cm³/mol. The first-order valence-electron chi connectivity index (χ1n) is 16.9. The van der Waals surface area contributed by atoms with Gasteiger partial charge in [0, 0.05) is 18.4 Å². The number of methoxy groups -OCH3 is 1. The lowest BCUT2D eigenvalue weighted by Gasteiger charge is -2.32. The average molecular weight is 637 g/mol. The molecular weight excluding hydrogens is 591 g/mol. The van der Waals surface area contributed by atoms with Crippen LogP contribution in [0.15, 0.2) is 54.7 Å². The van der Waals surface area contributed by atoms with Gasteiger partial charge in [0.05, 0.1) is 36.2 Å². The Morgan fingerprint density at radius 2 is 1.66 bits per heavy atom. The number of alkyl carbamates (subject to hydrolysis) is 1. The molecule has 2 N–H and O–H groups in total. The summed E-state index contributed by atoms with van der Waals surface area (Å²) in [6.07, 6.45) is 8.73. The van der Waals surface area contributed by atoms with E-state index >= 15 is 0 Å². The number of imidazole rings is 1. The molecule has 0 saturated carbocycles. The van der Waals surface area contributed by atoms with Crippen molar-refractivity contribution in [3.05, 3.63) is 71.7 Å². The summed E-state index contributed by atoms with van der Waals surface area (Å²) in [7, 11) is 0.929. The maximum absolute atomic E-state index is 13.5. The third-order valence-corrected chi connectivity index (χ3v) is 11.0. The van der Waals surface area contributed by atoms with Gasteiger partial charge in [0.1, 0.15) is 11.9 Å². The number of nitrogens with one attached hydrogen (secondary N) is 2. The number of aromatic amines is 1. The zero-order chi connectivity index (χ0) is 33.2. The smallest absolute Gasteiger partial charge is 0.453 e. The number of H-pyrrole nitrogens is 1. The molecule has 246 valence electrons. The Hall–Kier alpha value is -3.89. The highest BCUT2D eigenvalue weighted by Gasteiger charge is 2.53. The number of fused-ring (bicyclic) bond motifs is 5. The van der Waals surface area contributed by atoms with Crippen molar-refractivity contribution < 1.29 is 23.6 Å². The summed E-state index contributed by atoms with van der Waals surface area (Å²) in [4.78, 5) is 35.5. The summed E-state index contributed by atoms with van der Waals surface area (Å²) in [5.41, 5.74) is 7.52. The third kappa shape index (κ3) is 5.39. The Morgan fingerprint density at radius 1 is 1.00 bits per heavy atom.